The molecule has 0 amide bonds. The summed E-state index contributed by atoms with van der Waals surface area (Å²) in [6.45, 7) is 73.7. The number of nitrogens with one attached hydrogen (secondary N) is 2. The van der Waals surface area contributed by atoms with E-state index in [4.69, 9.17) is 132 Å². The summed E-state index contributed by atoms with van der Waals surface area (Å²) < 4.78 is 0. The number of nitrogens with zero attached hydrogens (tertiary/aromatic N) is 19. The molecule has 0 aromatic carbocycles. The van der Waals surface area contributed by atoms with Crippen molar-refractivity contribution in [2.45, 2.75) is 72.6 Å². The molecule has 0 aliphatic rings. The fourth-order valence-corrected chi connectivity index (χ4v) is 17.2. The number of rotatable bonds is 110. The van der Waals surface area contributed by atoms with Gasteiger partial charge in [0.05, 0.1) is 0 Å². The Labute approximate surface area is 853 Å². The van der Waals surface area contributed by atoms with E-state index in [1.165, 1.54) is 51.4 Å². The van der Waals surface area contributed by atoms with Crippen LogP contribution in [0.1, 0.15) is 72.6 Å². The van der Waals surface area contributed by atoms with Gasteiger partial charge in [0.1, 0.15) is 0 Å². The fourth-order valence-electron chi connectivity index (χ4n) is 17.2. The van der Waals surface area contributed by atoms with Gasteiger partial charge in [0.25, 0.3) is 0 Å². The molecule has 0 aliphatic heterocycles. The first-order chi connectivity index (χ1) is 67.4. The van der Waals surface area contributed by atoms with Crippen LogP contribution in [-0.4, -0.2) is 643 Å². The average Bonchev–Trinajstić information content (AvgIpc) is 0.903. The maximum atomic E-state index is 6.14. The molecule has 48 N–H and O–H groups in total. The zero-order chi connectivity index (χ0) is 102. The fraction of sp³-hybridized carbons (Fsp3) is 1.00. The number of hydrogen-bond acceptors (Lipinski definition) is 44. The third-order valence-corrected chi connectivity index (χ3v) is 25.6. The van der Waals surface area contributed by atoms with Crippen molar-refractivity contribution in [3.63, 3.8) is 0 Å². The Bertz CT molecular complexity index is 1960. The summed E-state index contributed by atoms with van der Waals surface area (Å²) in [4.78, 5) is 47.5. The van der Waals surface area contributed by atoms with Crippen LogP contribution in [0.5, 0.6) is 0 Å². The van der Waals surface area contributed by atoms with E-state index in [0.29, 0.717) is 144 Å². The minimum Gasteiger partial charge on any atom is -0.329 e. The van der Waals surface area contributed by atoms with Crippen LogP contribution in [0.2, 0.25) is 0 Å². The van der Waals surface area contributed by atoms with Gasteiger partial charge < -0.3 is 147 Å². The van der Waals surface area contributed by atoms with Crippen molar-refractivity contribution in [3.05, 3.63) is 0 Å². The third-order valence-electron chi connectivity index (χ3n) is 25.6. The van der Waals surface area contributed by atoms with Gasteiger partial charge in [-0.1, -0.05) is 59.8 Å². The topological polar surface area (TPSA) is 684 Å². The molecular weight excluding hydrogens is 1760 g/mol. The molecule has 0 heterocycles. The van der Waals surface area contributed by atoms with E-state index in [-0.39, 0.29) is 7.43 Å². The highest BCUT2D eigenvalue weighted by Gasteiger charge is 2.23. The van der Waals surface area contributed by atoms with Crippen molar-refractivity contribution in [3.8, 4) is 0 Å². The van der Waals surface area contributed by atoms with Gasteiger partial charge >= 0.3 is 0 Å². The van der Waals surface area contributed by atoms with E-state index in [1.807, 2.05) is 0 Å². The molecule has 44 heteroatoms. The van der Waals surface area contributed by atoms with Crippen molar-refractivity contribution in [1.82, 2.24) is 104 Å². The quantitative estimate of drug-likeness (QED) is 0.0251. The Balaban J connectivity index is -0.00000146. The van der Waals surface area contributed by atoms with E-state index in [0.717, 1.165) is 406 Å². The number of unbranched alkanes of at least 4 members (excludes halogenated alkanes) is 6. The van der Waals surface area contributed by atoms with Crippen molar-refractivity contribution in [2.24, 2.45) is 132 Å². The summed E-state index contributed by atoms with van der Waals surface area (Å²) in [6, 6.07) is 0. The lowest BCUT2D eigenvalue weighted by Crippen LogP contribution is -2.50. The van der Waals surface area contributed by atoms with Gasteiger partial charge in [-0.2, -0.15) is 0 Å². The molecule has 0 saturated heterocycles. The monoisotopic (exact) mass is 2000 g/mol. The SMILES string of the molecule is C.CCCCCCN(CCN(CCN)CCN)CCN(CCNCCN(CCN)CCN)CCN(CCN)CCN.CCCCCCNCCN.NCCN(CCN)CCN(CCN(CCN)CCN)CCN(CCN(CCN(CCN)CCN)CCN(CCN)CCN)CCN(CCN(CCN(CCN)CCN)CCN(CCN)CCN)CCN(CCN(CCN)CCN)CCN(CCN)CCN. The highest BCUT2D eigenvalue weighted by atomic mass is 15.3. The van der Waals surface area contributed by atoms with Gasteiger partial charge in [0, 0.05) is 537 Å². The molecular formula is C95H242N44. The van der Waals surface area contributed by atoms with Crippen LogP contribution >= 0.6 is 0 Å². The third kappa shape index (κ3) is 89.9. The first-order valence-electron chi connectivity index (χ1n) is 54.7. The minimum absolute atomic E-state index is 0. The molecule has 0 spiro atoms. The summed E-state index contributed by atoms with van der Waals surface area (Å²) >= 11 is 0. The molecule has 0 rings (SSSR count). The summed E-state index contributed by atoms with van der Waals surface area (Å²) in [5.41, 5.74) is 138. The van der Waals surface area contributed by atoms with Crippen molar-refractivity contribution < 1.29 is 0 Å². The molecule has 0 radical (unpaired) electrons. The number of hydrogen-bond donors (Lipinski definition) is 25. The van der Waals surface area contributed by atoms with Gasteiger partial charge in [-0.15, -0.1) is 0 Å². The van der Waals surface area contributed by atoms with Gasteiger partial charge in [0.2, 0.25) is 0 Å². The van der Waals surface area contributed by atoms with Crippen LogP contribution in [-0.2, 0) is 0 Å². The van der Waals surface area contributed by atoms with Gasteiger partial charge in [-0.05, 0) is 25.9 Å². The molecule has 0 bridgehead atoms. The van der Waals surface area contributed by atoms with Gasteiger partial charge in [0.15, 0.2) is 0 Å². The Kier molecular flexibility index (Phi) is 115. The Morgan fingerprint density at radius 2 is 0.223 bits per heavy atom. The highest BCUT2D eigenvalue weighted by molar-refractivity contribution is 4.81. The van der Waals surface area contributed by atoms with Crippen LogP contribution in [0, 0.1) is 0 Å². The van der Waals surface area contributed by atoms with E-state index in [1.54, 1.807) is 0 Å². The second-order valence-electron chi connectivity index (χ2n) is 36.8. The molecule has 0 aliphatic carbocycles. The molecule has 0 fully saturated rings. The van der Waals surface area contributed by atoms with Crippen LogP contribution in [0.15, 0.2) is 0 Å². The molecule has 0 saturated carbocycles. The summed E-state index contributed by atoms with van der Waals surface area (Å²) in [5, 5.41) is 6.91. The smallest absolute Gasteiger partial charge is 0.0110 e. The average molecular weight is 2000 g/mol. The van der Waals surface area contributed by atoms with Crippen LogP contribution in [0.3, 0.4) is 0 Å². The van der Waals surface area contributed by atoms with Crippen LogP contribution < -0.4 is 143 Å². The first kappa shape index (κ1) is 143. The van der Waals surface area contributed by atoms with Crippen molar-refractivity contribution >= 4 is 0 Å². The van der Waals surface area contributed by atoms with Gasteiger partial charge in [-0.3, -0.25) is 88.2 Å². The maximum absolute atomic E-state index is 6.14. The number of nitrogens with two attached hydrogens (primary N) is 23. The maximum Gasteiger partial charge on any atom is 0.0110 e. The second-order valence-corrected chi connectivity index (χ2v) is 36.8. The van der Waals surface area contributed by atoms with E-state index in [9.17, 15) is 0 Å². The van der Waals surface area contributed by atoms with Crippen LogP contribution in [0.25, 0.3) is 0 Å². The molecule has 139 heavy (non-hydrogen) atoms. The van der Waals surface area contributed by atoms with Crippen LogP contribution in [0.4, 0.5) is 0 Å². The Hall–Kier alpha value is -1.76. The predicted molar refractivity (Wildman–Crippen MR) is 601 cm³/mol. The highest BCUT2D eigenvalue weighted by Crippen LogP contribution is 2.09. The van der Waals surface area contributed by atoms with Crippen molar-refractivity contribution in [1.29, 1.82) is 0 Å². The summed E-state index contributed by atoms with van der Waals surface area (Å²) in [7, 11) is 0. The summed E-state index contributed by atoms with van der Waals surface area (Å²) in [6.07, 6.45) is 10.5. The lowest BCUT2D eigenvalue weighted by molar-refractivity contribution is 0.115. The first-order valence-corrected chi connectivity index (χ1v) is 54.7. The molecule has 842 valence electrons. The largest absolute Gasteiger partial charge is 0.329 e. The Morgan fingerprint density at radius 1 is 0.108 bits per heavy atom. The zero-order valence-electron chi connectivity index (χ0n) is 89.8. The lowest BCUT2D eigenvalue weighted by Gasteiger charge is -2.36. The van der Waals surface area contributed by atoms with Crippen molar-refractivity contribution in [2.75, 3.05) is 550 Å². The predicted octanol–water partition coefficient (Wildman–Crippen LogP) is -12.3. The van der Waals surface area contributed by atoms with E-state index < -0.39 is 0 Å². The standard InChI is InChI=1S/C58H148N30.C28H70N12.C8H20N2.CH4/c59-1-17-75(18-2-60)33-41-83(42-34-76(19-3-61)20-4-62)49-53-87(54-50-84(43-35-77(21-5-63)22-6-64)44-36-78(23-7-65)24-8-66)57-58-88(55-51-85(45-37-79(25-9-67)26-10-68)46-38-80(27-11-69)28-12-70)56-52-86(47-39-81(29-13-71)30-14-72)48-40-82(31-15-73)32-16-74;1-2-3-4-5-14-36(23-25-38(17-8-31)18-9-32)24-27-40(28-26-39(19-10-33)20-11-34)22-13-35-12-21-37(15-6-29)16-7-30;1-2-3-4-5-7-10-8-6-9;/h1-74H2;35H,2-34H2,1H3;10H,2-9H2,1H3;1H4. The molecule has 0 unspecified atom stereocenters. The molecule has 0 aromatic heterocycles. The summed E-state index contributed by atoms with van der Waals surface area (Å²) in [5.74, 6) is 0. The Morgan fingerprint density at radius 3 is 0.360 bits per heavy atom. The minimum atomic E-state index is 0. The second kappa shape index (κ2) is 112. The molecule has 44 nitrogen and oxygen atoms in total. The zero-order valence-corrected chi connectivity index (χ0v) is 89.8. The molecule has 0 atom stereocenters. The lowest BCUT2D eigenvalue weighted by atomic mass is 10.2. The normalized spacial score (nSPS) is 12.3. The van der Waals surface area contributed by atoms with E-state index in [2.05, 4.69) is 118 Å². The van der Waals surface area contributed by atoms with Gasteiger partial charge in [-0.25, -0.2) is 0 Å². The molecule has 0 aromatic rings. The van der Waals surface area contributed by atoms with E-state index >= 15 is 0 Å².